The molecule has 2 bridgehead atoms. The van der Waals surface area contributed by atoms with Gasteiger partial charge >= 0.3 is 0 Å². The van der Waals surface area contributed by atoms with Gasteiger partial charge < -0.3 is 24.8 Å². The quantitative estimate of drug-likeness (QED) is 0.197. The molecule has 3 aromatic carbocycles. The second kappa shape index (κ2) is 16.3. The van der Waals surface area contributed by atoms with E-state index in [0.717, 1.165) is 91.9 Å². The number of nitrogens with one attached hydrogen (secondary N) is 3. The largest absolute Gasteiger partial charge is 0.496 e. The van der Waals surface area contributed by atoms with Gasteiger partial charge in [0.05, 0.1) is 49.1 Å². The third-order valence-electron chi connectivity index (χ3n) is 13.7. The number of methoxy groups -OCH3 is 1. The van der Waals surface area contributed by atoms with Crippen LogP contribution in [0.4, 0.5) is 21.6 Å². The maximum absolute atomic E-state index is 15.8. The van der Waals surface area contributed by atoms with Crippen LogP contribution in [0, 0.1) is 11.7 Å². The van der Waals surface area contributed by atoms with Crippen LogP contribution >= 0.6 is 0 Å². The molecule has 1 aromatic heterocycles. The van der Waals surface area contributed by atoms with Gasteiger partial charge in [-0.05, 0) is 80.5 Å². The molecule has 63 heavy (non-hydrogen) atoms. The first kappa shape index (κ1) is 40.5. The number of likely N-dealkylation sites (tertiary alicyclic amines) is 1. The Morgan fingerprint density at radius 2 is 1.60 bits per heavy atom. The molecule has 6 aliphatic rings. The van der Waals surface area contributed by atoms with E-state index in [2.05, 4.69) is 35.5 Å². The molecule has 3 atom stereocenters. The monoisotopic (exact) mass is 857 g/mol. The average molecular weight is 858 g/mol. The first-order chi connectivity index (χ1) is 30.5. The normalized spacial score (nSPS) is 22.4. The maximum Gasteiger partial charge on any atom is 0.262 e. The highest BCUT2D eigenvalue weighted by Gasteiger charge is 2.47. The number of rotatable bonds is 10. The lowest BCUT2D eigenvalue weighted by molar-refractivity contribution is -0.136. The maximum atomic E-state index is 15.8. The molecule has 10 rings (SSSR count). The lowest BCUT2D eigenvalue weighted by Gasteiger charge is -2.44. The Bertz CT molecular complexity index is 2520. The van der Waals surface area contributed by atoms with Crippen LogP contribution in [0.1, 0.15) is 86.4 Å². The number of anilines is 3. The van der Waals surface area contributed by atoms with Crippen molar-refractivity contribution in [2.45, 2.75) is 76.2 Å². The van der Waals surface area contributed by atoms with Crippen LogP contribution in [0.5, 0.6) is 5.75 Å². The summed E-state index contributed by atoms with van der Waals surface area (Å²) in [4.78, 5) is 87.0. The summed E-state index contributed by atoms with van der Waals surface area (Å²) in [5.74, 6) is -1.78. The second-order valence-corrected chi connectivity index (χ2v) is 17.5. The van der Waals surface area contributed by atoms with E-state index < -0.39 is 35.5 Å². The van der Waals surface area contributed by atoms with E-state index in [-0.39, 0.29) is 54.3 Å². The van der Waals surface area contributed by atoms with Crippen LogP contribution in [0.2, 0.25) is 0 Å². The van der Waals surface area contributed by atoms with Crippen molar-refractivity contribution in [2.75, 3.05) is 55.0 Å². The smallest absolute Gasteiger partial charge is 0.262 e. The molecule has 4 fully saturated rings. The molecule has 0 radical (unpaired) electrons. The number of imide groups is 2. The van der Waals surface area contributed by atoms with Crippen LogP contribution in [0.25, 0.3) is 0 Å². The first-order valence-corrected chi connectivity index (χ1v) is 21.7. The van der Waals surface area contributed by atoms with Gasteiger partial charge in [0.25, 0.3) is 17.7 Å². The molecule has 326 valence electrons. The number of hydrogen-bond acceptors (Lipinski definition) is 11. The van der Waals surface area contributed by atoms with Gasteiger partial charge in [-0.15, -0.1) is 0 Å². The fourth-order valence-corrected chi connectivity index (χ4v) is 10.5. The fourth-order valence-electron chi connectivity index (χ4n) is 10.5. The van der Waals surface area contributed by atoms with Gasteiger partial charge in [0.2, 0.25) is 17.7 Å². The summed E-state index contributed by atoms with van der Waals surface area (Å²) in [6.07, 6.45) is 4.09. The summed E-state index contributed by atoms with van der Waals surface area (Å²) in [6.45, 7) is 4.99. The standard InChI is InChI=1S/C46H48FN9O7/c1-63-39-5-3-2-4-28(39)18-41(58)54-24-34-36(25-54)50-51-42(34)49-43(59)27-6-8-29(9-7-27)53-16-14-26(15-17-53)21-52-22-30-10-11-31(23-52)55(30)38-20-33-32(19-35(38)47)45(61)56(46(33)62)37-12-13-40(57)48-44(37)60/h2-9,19-20,26,30-31,37H,10-18,21-25H2,1H3,(H,48,57,60)(H2,49,50,51,59). The van der Waals surface area contributed by atoms with Gasteiger partial charge in [0.15, 0.2) is 5.82 Å². The number of carbonyl (C=O) groups excluding carboxylic acids is 6. The predicted octanol–water partition coefficient (Wildman–Crippen LogP) is 3.87. The summed E-state index contributed by atoms with van der Waals surface area (Å²) in [7, 11) is 1.59. The summed E-state index contributed by atoms with van der Waals surface area (Å²) in [5.41, 5.74) is 4.34. The van der Waals surface area contributed by atoms with Gasteiger partial charge in [-0.2, -0.15) is 5.10 Å². The number of aromatic amines is 1. The SMILES string of the molecule is COc1ccccc1CC(=O)N1Cc2[nH]nc(NC(=O)c3ccc(N4CCC(CN5CC6CCC(C5)N6c5cc6c(cc5F)C(=O)N(C5CCC(=O)NC5=O)C6=O)CC4)cc3)c2C1. The molecule has 4 aromatic rings. The van der Waals surface area contributed by atoms with E-state index in [1.54, 1.807) is 12.0 Å². The van der Waals surface area contributed by atoms with Gasteiger partial charge in [-0.1, -0.05) is 18.2 Å². The number of piperazine rings is 1. The van der Waals surface area contributed by atoms with Crippen molar-refractivity contribution in [1.29, 1.82) is 0 Å². The van der Waals surface area contributed by atoms with E-state index in [4.69, 9.17) is 4.74 Å². The highest BCUT2D eigenvalue weighted by atomic mass is 19.1. The highest BCUT2D eigenvalue weighted by molar-refractivity contribution is 6.23. The van der Waals surface area contributed by atoms with E-state index in [9.17, 15) is 28.8 Å². The number of nitrogens with zero attached hydrogens (tertiary/aromatic N) is 6. The minimum atomic E-state index is -1.10. The molecule has 4 saturated heterocycles. The van der Waals surface area contributed by atoms with Gasteiger partial charge in [-0.3, -0.25) is 49.0 Å². The third kappa shape index (κ3) is 7.47. The molecule has 6 amide bonds. The van der Waals surface area contributed by atoms with Crippen LogP contribution in [0.3, 0.4) is 0 Å². The highest BCUT2D eigenvalue weighted by Crippen LogP contribution is 2.40. The molecule has 3 unspecified atom stereocenters. The number of halogens is 1. The summed E-state index contributed by atoms with van der Waals surface area (Å²) >= 11 is 0. The van der Waals surface area contributed by atoms with Crippen LogP contribution in [-0.2, 0) is 33.9 Å². The minimum absolute atomic E-state index is 0.0161. The Morgan fingerprint density at radius 3 is 2.32 bits per heavy atom. The topological polar surface area (TPSA) is 181 Å². The molecule has 0 saturated carbocycles. The zero-order valence-electron chi connectivity index (χ0n) is 34.9. The number of aromatic nitrogens is 2. The van der Waals surface area contributed by atoms with Crippen molar-refractivity contribution in [3.63, 3.8) is 0 Å². The Kier molecular flexibility index (Phi) is 10.4. The number of H-pyrrole nitrogens is 1. The molecule has 16 nitrogen and oxygen atoms in total. The first-order valence-electron chi connectivity index (χ1n) is 21.7. The fraction of sp³-hybridized carbons (Fsp3) is 0.413. The summed E-state index contributed by atoms with van der Waals surface area (Å²) in [6, 6.07) is 16.7. The van der Waals surface area contributed by atoms with Crippen LogP contribution in [-0.4, -0.2) is 118 Å². The summed E-state index contributed by atoms with van der Waals surface area (Å²) < 4.78 is 21.2. The van der Waals surface area contributed by atoms with Gasteiger partial charge in [-0.25, -0.2) is 4.39 Å². The number of amides is 6. The Morgan fingerprint density at radius 1 is 0.889 bits per heavy atom. The third-order valence-corrected chi connectivity index (χ3v) is 13.7. The number of hydrogen-bond donors (Lipinski definition) is 3. The zero-order valence-corrected chi connectivity index (χ0v) is 34.9. The lowest BCUT2D eigenvalue weighted by atomic mass is 9.95. The molecule has 0 spiro atoms. The van der Waals surface area contributed by atoms with E-state index in [1.807, 2.05) is 48.5 Å². The van der Waals surface area contributed by atoms with E-state index >= 15 is 4.39 Å². The molecule has 3 N–H and O–H groups in total. The Hall–Kier alpha value is -6.62. The predicted molar refractivity (Wildman–Crippen MR) is 228 cm³/mol. The molecular weight excluding hydrogens is 810 g/mol. The van der Waals surface area contributed by atoms with E-state index in [0.29, 0.717) is 41.8 Å². The van der Waals surface area contributed by atoms with Crippen molar-refractivity contribution >= 4 is 52.6 Å². The lowest BCUT2D eigenvalue weighted by Crippen LogP contribution is -2.55. The zero-order chi connectivity index (χ0) is 43.5. The number of benzene rings is 3. The van der Waals surface area contributed by atoms with Crippen molar-refractivity contribution < 1.29 is 37.9 Å². The number of carbonyl (C=O) groups is 6. The molecule has 17 heteroatoms. The van der Waals surface area contributed by atoms with Crippen molar-refractivity contribution in [3.8, 4) is 5.75 Å². The van der Waals surface area contributed by atoms with Crippen molar-refractivity contribution in [3.05, 3.63) is 100.0 Å². The molecule has 6 aliphatic heterocycles. The van der Waals surface area contributed by atoms with E-state index in [1.165, 1.54) is 6.07 Å². The molecule has 0 aliphatic carbocycles. The summed E-state index contributed by atoms with van der Waals surface area (Å²) in [5, 5.41) is 12.5. The number of ether oxygens (including phenoxy) is 1. The average Bonchev–Trinajstić information content (AvgIpc) is 4.01. The Labute approximate surface area is 362 Å². The molecule has 7 heterocycles. The minimum Gasteiger partial charge on any atom is -0.496 e. The van der Waals surface area contributed by atoms with Gasteiger partial charge in [0.1, 0.15) is 17.6 Å². The molecular formula is C46H48FN9O7. The van der Waals surface area contributed by atoms with Gasteiger partial charge in [0, 0.05) is 73.6 Å². The number of fused-ring (bicyclic) bond motifs is 4. The number of piperidine rings is 2. The van der Waals surface area contributed by atoms with Crippen molar-refractivity contribution in [2.24, 2.45) is 5.92 Å². The van der Waals surface area contributed by atoms with Crippen molar-refractivity contribution in [1.82, 2.24) is 30.2 Å². The second-order valence-electron chi connectivity index (χ2n) is 17.5. The number of para-hydroxylation sites is 1. The van der Waals surface area contributed by atoms with Crippen LogP contribution in [0.15, 0.2) is 60.7 Å². The Balaban J connectivity index is 0.706. The van der Waals surface area contributed by atoms with Crippen LogP contribution < -0.4 is 25.2 Å².